The standard InChI is InChI=1S/C8H10BrN3O2S/c1-6-4-12(15(13,14)5-6)8-3-10-7(9)2-11-8/h2-3,6H,4-5H2,1H3. The number of halogens is 1. The van der Waals surface area contributed by atoms with E-state index in [4.69, 9.17) is 0 Å². The molecule has 1 atom stereocenters. The Bertz CT molecular complexity index is 459. The van der Waals surface area contributed by atoms with Gasteiger partial charge in [0.2, 0.25) is 10.0 Å². The van der Waals surface area contributed by atoms with E-state index >= 15 is 0 Å². The van der Waals surface area contributed by atoms with Crippen LogP contribution in [0.2, 0.25) is 0 Å². The van der Waals surface area contributed by atoms with E-state index in [0.717, 1.165) is 0 Å². The van der Waals surface area contributed by atoms with Gasteiger partial charge in [-0.05, 0) is 21.8 Å². The van der Waals surface area contributed by atoms with Gasteiger partial charge in [-0.3, -0.25) is 4.31 Å². The van der Waals surface area contributed by atoms with Gasteiger partial charge in [0.15, 0.2) is 5.82 Å². The first-order valence-corrected chi connectivity index (χ1v) is 6.87. The van der Waals surface area contributed by atoms with Crippen molar-refractivity contribution in [1.82, 2.24) is 9.97 Å². The second kappa shape index (κ2) is 3.71. The minimum atomic E-state index is -3.19. The van der Waals surface area contributed by atoms with Crippen molar-refractivity contribution in [2.75, 3.05) is 16.6 Å². The second-order valence-electron chi connectivity index (χ2n) is 3.61. The largest absolute Gasteiger partial charge is 0.252 e. The van der Waals surface area contributed by atoms with Gasteiger partial charge in [0, 0.05) is 6.54 Å². The smallest absolute Gasteiger partial charge is 0.236 e. The lowest BCUT2D eigenvalue weighted by Gasteiger charge is -2.14. The van der Waals surface area contributed by atoms with Gasteiger partial charge >= 0.3 is 0 Å². The third-order valence-corrected chi connectivity index (χ3v) is 4.58. The van der Waals surface area contributed by atoms with Crippen molar-refractivity contribution in [3.63, 3.8) is 0 Å². The maximum absolute atomic E-state index is 11.7. The molecule has 1 aromatic rings. The zero-order valence-electron chi connectivity index (χ0n) is 8.09. The molecule has 0 bridgehead atoms. The molecular weight excluding hydrogens is 282 g/mol. The maximum Gasteiger partial charge on any atom is 0.236 e. The van der Waals surface area contributed by atoms with Gasteiger partial charge in [-0.15, -0.1) is 0 Å². The predicted octanol–water partition coefficient (Wildman–Crippen LogP) is 1.03. The predicted molar refractivity (Wildman–Crippen MR) is 60.0 cm³/mol. The molecule has 5 nitrogen and oxygen atoms in total. The van der Waals surface area contributed by atoms with Crippen molar-refractivity contribution in [3.8, 4) is 0 Å². The monoisotopic (exact) mass is 291 g/mol. The molecule has 0 N–H and O–H groups in total. The number of hydrogen-bond acceptors (Lipinski definition) is 4. The lowest BCUT2D eigenvalue weighted by atomic mass is 10.2. The SMILES string of the molecule is CC1CN(c2cnc(Br)cn2)S(=O)(=O)C1. The first kappa shape index (κ1) is 10.8. The number of anilines is 1. The molecule has 2 heterocycles. The average Bonchev–Trinajstić information content (AvgIpc) is 2.41. The molecule has 1 unspecified atom stereocenters. The summed E-state index contributed by atoms with van der Waals surface area (Å²) in [6.07, 6.45) is 2.95. The highest BCUT2D eigenvalue weighted by atomic mass is 79.9. The lowest BCUT2D eigenvalue weighted by molar-refractivity contribution is 0.597. The van der Waals surface area contributed by atoms with Crippen LogP contribution in [0.1, 0.15) is 6.92 Å². The van der Waals surface area contributed by atoms with Crippen molar-refractivity contribution < 1.29 is 8.42 Å². The van der Waals surface area contributed by atoms with Crippen LogP contribution in [0.15, 0.2) is 17.0 Å². The molecule has 15 heavy (non-hydrogen) atoms. The molecule has 1 fully saturated rings. The number of rotatable bonds is 1. The fourth-order valence-corrected chi connectivity index (χ4v) is 3.64. The summed E-state index contributed by atoms with van der Waals surface area (Å²) in [5, 5.41) is 0. The van der Waals surface area contributed by atoms with Gasteiger partial charge < -0.3 is 0 Å². The van der Waals surface area contributed by atoms with Crippen LogP contribution in [0.4, 0.5) is 5.82 Å². The van der Waals surface area contributed by atoms with E-state index in [1.807, 2.05) is 6.92 Å². The Labute approximate surface area is 96.7 Å². The first-order chi connectivity index (χ1) is 6.99. The van der Waals surface area contributed by atoms with E-state index in [-0.39, 0.29) is 11.7 Å². The quantitative estimate of drug-likeness (QED) is 0.775. The Balaban J connectivity index is 2.36. The van der Waals surface area contributed by atoms with Crippen molar-refractivity contribution in [2.45, 2.75) is 6.92 Å². The van der Waals surface area contributed by atoms with Crippen LogP contribution < -0.4 is 4.31 Å². The summed E-state index contributed by atoms with van der Waals surface area (Å²) in [4.78, 5) is 7.99. The lowest BCUT2D eigenvalue weighted by Crippen LogP contribution is -2.26. The minimum Gasteiger partial charge on any atom is -0.252 e. The molecular formula is C8H10BrN3O2S. The Hall–Kier alpha value is -0.690. The molecule has 0 radical (unpaired) electrons. The molecule has 0 aromatic carbocycles. The summed E-state index contributed by atoms with van der Waals surface area (Å²) < 4.78 is 25.3. The van der Waals surface area contributed by atoms with Crippen LogP contribution in [0.25, 0.3) is 0 Å². The summed E-state index contributed by atoms with van der Waals surface area (Å²) in [6, 6.07) is 0. The van der Waals surface area contributed by atoms with Crippen LogP contribution in [-0.2, 0) is 10.0 Å². The average molecular weight is 292 g/mol. The van der Waals surface area contributed by atoms with E-state index in [9.17, 15) is 8.42 Å². The third-order valence-electron chi connectivity index (χ3n) is 2.17. The van der Waals surface area contributed by atoms with Crippen LogP contribution in [0, 0.1) is 5.92 Å². The summed E-state index contributed by atoms with van der Waals surface area (Å²) in [7, 11) is -3.19. The molecule has 1 aliphatic rings. The van der Waals surface area contributed by atoms with Gasteiger partial charge in [0.1, 0.15) is 4.60 Å². The fourth-order valence-electron chi connectivity index (χ4n) is 1.57. The Morgan fingerprint density at radius 2 is 2.20 bits per heavy atom. The minimum absolute atomic E-state index is 0.139. The molecule has 1 aliphatic heterocycles. The third kappa shape index (κ3) is 2.12. The normalized spacial score (nSPS) is 24.4. The summed E-state index contributed by atoms with van der Waals surface area (Å²) in [6.45, 7) is 2.39. The van der Waals surface area contributed by atoms with E-state index in [2.05, 4.69) is 25.9 Å². The van der Waals surface area contributed by atoms with Crippen LogP contribution in [0.3, 0.4) is 0 Å². The summed E-state index contributed by atoms with van der Waals surface area (Å²) >= 11 is 3.15. The summed E-state index contributed by atoms with van der Waals surface area (Å²) in [5.41, 5.74) is 0. The van der Waals surface area contributed by atoms with Gasteiger partial charge in [-0.1, -0.05) is 6.92 Å². The Morgan fingerprint density at radius 3 is 2.67 bits per heavy atom. The van der Waals surface area contributed by atoms with E-state index in [0.29, 0.717) is 17.0 Å². The molecule has 82 valence electrons. The molecule has 0 spiro atoms. The topological polar surface area (TPSA) is 63.2 Å². The van der Waals surface area contributed by atoms with Crippen LogP contribution in [-0.4, -0.2) is 30.7 Å². The number of sulfonamides is 1. The fraction of sp³-hybridized carbons (Fsp3) is 0.500. The van der Waals surface area contributed by atoms with E-state index < -0.39 is 10.0 Å². The Kier molecular flexibility index (Phi) is 2.68. The molecule has 0 saturated carbocycles. The van der Waals surface area contributed by atoms with Crippen molar-refractivity contribution in [3.05, 3.63) is 17.0 Å². The van der Waals surface area contributed by atoms with Gasteiger partial charge in [-0.2, -0.15) is 0 Å². The van der Waals surface area contributed by atoms with E-state index in [1.165, 1.54) is 16.7 Å². The first-order valence-electron chi connectivity index (χ1n) is 4.47. The zero-order valence-corrected chi connectivity index (χ0v) is 10.5. The molecule has 1 saturated heterocycles. The van der Waals surface area contributed by atoms with Crippen LogP contribution in [0.5, 0.6) is 0 Å². The van der Waals surface area contributed by atoms with Crippen molar-refractivity contribution in [1.29, 1.82) is 0 Å². The molecule has 2 rings (SSSR count). The number of nitrogens with zero attached hydrogens (tertiary/aromatic N) is 3. The van der Waals surface area contributed by atoms with Crippen molar-refractivity contribution in [2.24, 2.45) is 5.92 Å². The van der Waals surface area contributed by atoms with Gasteiger partial charge in [0.25, 0.3) is 0 Å². The zero-order chi connectivity index (χ0) is 11.1. The highest BCUT2D eigenvalue weighted by molar-refractivity contribution is 9.10. The highest BCUT2D eigenvalue weighted by Crippen LogP contribution is 2.24. The summed E-state index contributed by atoms with van der Waals surface area (Å²) in [5.74, 6) is 0.716. The molecule has 7 heteroatoms. The van der Waals surface area contributed by atoms with E-state index in [1.54, 1.807) is 0 Å². The maximum atomic E-state index is 11.7. The number of aromatic nitrogens is 2. The molecule has 0 amide bonds. The van der Waals surface area contributed by atoms with Gasteiger partial charge in [0.05, 0.1) is 18.1 Å². The second-order valence-corrected chi connectivity index (χ2v) is 6.36. The van der Waals surface area contributed by atoms with Crippen molar-refractivity contribution >= 4 is 31.8 Å². The van der Waals surface area contributed by atoms with Crippen LogP contribution >= 0.6 is 15.9 Å². The Morgan fingerprint density at radius 1 is 1.47 bits per heavy atom. The molecule has 0 aliphatic carbocycles. The van der Waals surface area contributed by atoms with Gasteiger partial charge in [-0.25, -0.2) is 18.4 Å². The molecule has 1 aromatic heterocycles. The number of hydrogen-bond donors (Lipinski definition) is 0. The highest BCUT2D eigenvalue weighted by Gasteiger charge is 2.34.